The van der Waals surface area contributed by atoms with E-state index < -0.39 is 0 Å². The first-order valence-corrected chi connectivity index (χ1v) is 6.19. The Balaban J connectivity index is 2.07. The van der Waals surface area contributed by atoms with E-state index in [1.54, 1.807) is 7.11 Å². The third-order valence-corrected chi connectivity index (χ3v) is 3.38. The second-order valence-corrected chi connectivity index (χ2v) is 4.68. The molecule has 17 heavy (non-hydrogen) atoms. The molecule has 0 spiro atoms. The number of hydrogen-bond acceptors (Lipinski definition) is 4. The van der Waals surface area contributed by atoms with Crippen molar-refractivity contribution >= 4 is 0 Å². The van der Waals surface area contributed by atoms with Gasteiger partial charge in [0.2, 0.25) is 0 Å². The molecule has 1 saturated carbocycles. The van der Waals surface area contributed by atoms with Gasteiger partial charge in [0.1, 0.15) is 0 Å². The molecule has 1 aromatic heterocycles. The number of rotatable bonds is 7. The van der Waals surface area contributed by atoms with Gasteiger partial charge in [0.15, 0.2) is 0 Å². The summed E-state index contributed by atoms with van der Waals surface area (Å²) in [6.45, 7) is 2.22. The van der Waals surface area contributed by atoms with Crippen LogP contribution in [0.4, 0.5) is 0 Å². The number of imidazole rings is 1. The standard InChI is InChI=1S/C12H22N4O/c1-15(5-6-17-2)11(7-13)12-8-14-9-16(12)10-3-4-10/h8-11H,3-7,13H2,1-2H3. The SMILES string of the molecule is COCCN(C)C(CN)c1cncn1C1CC1. The summed E-state index contributed by atoms with van der Waals surface area (Å²) in [6, 6.07) is 0.880. The molecule has 0 aliphatic heterocycles. The first-order valence-electron chi connectivity index (χ1n) is 6.19. The summed E-state index contributed by atoms with van der Waals surface area (Å²) in [4.78, 5) is 6.50. The number of hydrogen-bond donors (Lipinski definition) is 1. The van der Waals surface area contributed by atoms with Crippen LogP contribution in [0.25, 0.3) is 0 Å². The minimum Gasteiger partial charge on any atom is -0.383 e. The van der Waals surface area contributed by atoms with Gasteiger partial charge >= 0.3 is 0 Å². The molecular formula is C12H22N4O. The van der Waals surface area contributed by atoms with Crippen molar-refractivity contribution in [2.45, 2.75) is 24.9 Å². The fourth-order valence-electron chi connectivity index (χ4n) is 2.15. The minimum atomic E-state index is 0.230. The molecule has 0 saturated heterocycles. The van der Waals surface area contributed by atoms with Crippen molar-refractivity contribution in [3.8, 4) is 0 Å². The number of nitrogens with two attached hydrogens (primary N) is 1. The Hall–Kier alpha value is -0.910. The fraction of sp³-hybridized carbons (Fsp3) is 0.750. The third kappa shape index (κ3) is 2.86. The molecule has 96 valence electrons. The average molecular weight is 238 g/mol. The normalized spacial score (nSPS) is 17.6. The molecule has 1 fully saturated rings. The van der Waals surface area contributed by atoms with Gasteiger partial charge in [0.25, 0.3) is 0 Å². The van der Waals surface area contributed by atoms with Crippen LogP contribution in [0.1, 0.15) is 30.6 Å². The highest BCUT2D eigenvalue weighted by Gasteiger charge is 2.28. The fourth-order valence-corrected chi connectivity index (χ4v) is 2.15. The molecule has 5 heteroatoms. The Morgan fingerprint density at radius 3 is 3.00 bits per heavy atom. The van der Waals surface area contributed by atoms with Crippen LogP contribution < -0.4 is 5.73 Å². The largest absolute Gasteiger partial charge is 0.383 e. The lowest BCUT2D eigenvalue weighted by Crippen LogP contribution is -2.34. The Labute approximate surface area is 103 Å². The number of aromatic nitrogens is 2. The zero-order chi connectivity index (χ0) is 12.3. The summed E-state index contributed by atoms with van der Waals surface area (Å²) < 4.78 is 7.39. The molecular weight excluding hydrogens is 216 g/mol. The van der Waals surface area contributed by atoms with Crippen LogP contribution in [-0.2, 0) is 4.74 Å². The van der Waals surface area contributed by atoms with Crippen molar-refractivity contribution in [1.29, 1.82) is 0 Å². The van der Waals surface area contributed by atoms with E-state index in [1.807, 2.05) is 12.5 Å². The predicted molar refractivity (Wildman–Crippen MR) is 66.8 cm³/mol. The lowest BCUT2D eigenvalue weighted by molar-refractivity contribution is 0.138. The van der Waals surface area contributed by atoms with E-state index in [0.717, 1.165) is 13.2 Å². The van der Waals surface area contributed by atoms with E-state index in [0.29, 0.717) is 12.6 Å². The number of methoxy groups -OCH3 is 1. The lowest BCUT2D eigenvalue weighted by atomic mass is 10.2. The van der Waals surface area contributed by atoms with Crippen molar-refractivity contribution in [3.63, 3.8) is 0 Å². The van der Waals surface area contributed by atoms with Gasteiger partial charge in [0.05, 0.1) is 24.7 Å². The summed E-state index contributed by atoms with van der Waals surface area (Å²) >= 11 is 0. The monoisotopic (exact) mass is 238 g/mol. The third-order valence-electron chi connectivity index (χ3n) is 3.38. The highest BCUT2D eigenvalue weighted by molar-refractivity contribution is 5.09. The number of likely N-dealkylation sites (N-methyl/N-ethyl adjacent to an activating group) is 1. The molecule has 0 radical (unpaired) electrons. The van der Waals surface area contributed by atoms with Gasteiger partial charge in [-0.15, -0.1) is 0 Å². The van der Waals surface area contributed by atoms with Gasteiger partial charge in [-0.25, -0.2) is 4.98 Å². The van der Waals surface area contributed by atoms with Gasteiger partial charge in [-0.05, 0) is 19.9 Å². The molecule has 0 aromatic carbocycles. The van der Waals surface area contributed by atoms with Gasteiger partial charge in [-0.1, -0.05) is 0 Å². The molecule has 1 aromatic rings. The van der Waals surface area contributed by atoms with Crippen molar-refractivity contribution in [2.24, 2.45) is 5.73 Å². The van der Waals surface area contributed by atoms with Crippen molar-refractivity contribution in [1.82, 2.24) is 14.5 Å². The topological polar surface area (TPSA) is 56.3 Å². The van der Waals surface area contributed by atoms with E-state index in [1.165, 1.54) is 18.5 Å². The molecule has 0 amide bonds. The van der Waals surface area contributed by atoms with E-state index in [9.17, 15) is 0 Å². The Morgan fingerprint density at radius 1 is 1.65 bits per heavy atom. The summed E-state index contributed by atoms with van der Waals surface area (Å²) in [5.74, 6) is 0. The minimum absolute atomic E-state index is 0.230. The lowest BCUT2D eigenvalue weighted by Gasteiger charge is -2.27. The van der Waals surface area contributed by atoms with Gasteiger partial charge < -0.3 is 15.0 Å². The quantitative estimate of drug-likeness (QED) is 0.763. The van der Waals surface area contributed by atoms with E-state index in [-0.39, 0.29) is 6.04 Å². The highest BCUT2D eigenvalue weighted by atomic mass is 16.5. The summed E-state index contributed by atoms with van der Waals surface area (Å²) in [5, 5.41) is 0. The summed E-state index contributed by atoms with van der Waals surface area (Å²) in [5.41, 5.74) is 7.13. The molecule has 2 rings (SSSR count). The van der Waals surface area contributed by atoms with Crippen LogP contribution in [0.3, 0.4) is 0 Å². The summed E-state index contributed by atoms with van der Waals surface area (Å²) in [7, 11) is 3.81. The number of ether oxygens (including phenoxy) is 1. The molecule has 2 N–H and O–H groups in total. The van der Waals surface area contributed by atoms with Crippen LogP contribution in [0.5, 0.6) is 0 Å². The van der Waals surface area contributed by atoms with Gasteiger partial charge in [-0.2, -0.15) is 0 Å². The summed E-state index contributed by atoms with van der Waals surface area (Å²) in [6.07, 6.45) is 6.41. The van der Waals surface area contributed by atoms with E-state index >= 15 is 0 Å². The van der Waals surface area contributed by atoms with E-state index in [4.69, 9.17) is 10.5 Å². The molecule has 1 heterocycles. The molecule has 1 unspecified atom stereocenters. The van der Waals surface area contributed by atoms with Crippen LogP contribution in [0, 0.1) is 0 Å². The van der Waals surface area contributed by atoms with Gasteiger partial charge in [0, 0.05) is 32.4 Å². The Morgan fingerprint density at radius 2 is 2.41 bits per heavy atom. The first kappa shape index (κ1) is 12.5. The van der Waals surface area contributed by atoms with Crippen LogP contribution in [-0.4, -0.2) is 48.3 Å². The molecule has 1 atom stereocenters. The maximum Gasteiger partial charge on any atom is 0.0951 e. The molecule has 1 aliphatic carbocycles. The molecule has 5 nitrogen and oxygen atoms in total. The smallest absolute Gasteiger partial charge is 0.0951 e. The predicted octanol–water partition coefficient (Wildman–Crippen LogP) is 0.796. The van der Waals surface area contributed by atoms with Crippen molar-refractivity contribution in [3.05, 3.63) is 18.2 Å². The van der Waals surface area contributed by atoms with Crippen LogP contribution >= 0.6 is 0 Å². The second-order valence-electron chi connectivity index (χ2n) is 4.68. The maximum atomic E-state index is 5.90. The van der Waals surface area contributed by atoms with Crippen LogP contribution in [0.15, 0.2) is 12.5 Å². The average Bonchev–Trinajstić information content (AvgIpc) is 3.07. The molecule has 1 aliphatic rings. The van der Waals surface area contributed by atoms with Crippen molar-refractivity contribution < 1.29 is 4.74 Å². The zero-order valence-electron chi connectivity index (χ0n) is 10.7. The molecule has 0 bridgehead atoms. The Kier molecular flexibility index (Phi) is 4.15. The first-order chi connectivity index (χ1) is 8.27. The van der Waals surface area contributed by atoms with Gasteiger partial charge in [-0.3, -0.25) is 4.90 Å². The Bertz CT molecular complexity index is 348. The van der Waals surface area contributed by atoms with Crippen molar-refractivity contribution in [2.75, 3.05) is 33.9 Å². The highest BCUT2D eigenvalue weighted by Crippen LogP contribution is 2.37. The van der Waals surface area contributed by atoms with E-state index in [2.05, 4.69) is 21.5 Å². The maximum absolute atomic E-state index is 5.90. The second kappa shape index (κ2) is 5.62. The van der Waals surface area contributed by atoms with Crippen LogP contribution in [0.2, 0.25) is 0 Å². The zero-order valence-corrected chi connectivity index (χ0v) is 10.7. The number of nitrogens with zero attached hydrogens (tertiary/aromatic N) is 3.